The number of benzene rings is 3. The van der Waals surface area contributed by atoms with Gasteiger partial charge in [0.25, 0.3) is 0 Å². The van der Waals surface area contributed by atoms with Crippen molar-refractivity contribution < 1.29 is 13.9 Å². The molecule has 0 saturated heterocycles. The zero-order chi connectivity index (χ0) is 26.2. The van der Waals surface area contributed by atoms with E-state index >= 15 is 0 Å². The topological polar surface area (TPSA) is 64.3 Å². The number of amides is 2. The molecule has 5 aromatic rings. The van der Waals surface area contributed by atoms with E-state index in [1.54, 1.807) is 24.1 Å². The van der Waals surface area contributed by atoms with E-state index in [1.165, 1.54) is 12.1 Å². The lowest BCUT2D eigenvalue weighted by atomic mass is 10.0. The quantitative estimate of drug-likeness (QED) is 0.312. The van der Waals surface area contributed by atoms with Crippen LogP contribution < -0.4 is 10.1 Å². The molecule has 2 amide bonds. The van der Waals surface area contributed by atoms with Gasteiger partial charge in [-0.25, -0.2) is 13.9 Å². The molecule has 7 nitrogen and oxygen atoms in total. The second-order valence-electron chi connectivity index (χ2n) is 9.18. The van der Waals surface area contributed by atoms with Crippen LogP contribution in [0, 0.1) is 12.7 Å². The third kappa shape index (κ3) is 4.10. The normalized spacial score (nSPS) is 14.4. The summed E-state index contributed by atoms with van der Waals surface area (Å²) in [5.74, 6) is 1.20. The van der Waals surface area contributed by atoms with Crippen molar-refractivity contribution in [3.8, 4) is 17.3 Å². The van der Waals surface area contributed by atoms with Crippen molar-refractivity contribution in [3.05, 3.63) is 126 Å². The molecule has 0 radical (unpaired) electrons. The van der Waals surface area contributed by atoms with Gasteiger partial charge in [0.15, 0.2) is 0 Å². The van der Waals surface area contributed by atoms with E-state index in [-0.39, 0.29) is 6.03 Å². The Morgan fingerprint density at radius 2 is 1.79 bits per heavy atom. The molecule has 0 saturated carbocycles. The molecule has 2 aromatic heterocycles. The minimum absolute atomic E-state index is 0.299. The van der Waals surface area contributed by atoms with Gasteiger partial charge in [-0.05, 0) is 67.1 Å². The van der Waals surface area contributed by atoms with Crippen molar-refractivity contribution >= 4 is 11.7 Å². The maximum absolute atomic E-state index is 13.9. The van der Waals surface area contributed by atoms with Gasteiger partial charge in [0, 0.05) is 17.4 Å². The summed E-state index contributed by atoms with van der Waals surface area (Å²) >= 11 is 0. The van der Waals surface area contributed by atoms with Gasteiger partial charge in [0.2, 0.25) is 0 Å². The highest BCUT2D eigenvalue weighted by Gasteiger charge is 2.36. The Bertz CT molecular complexity index is 1610. The molecule has 1 aliphatic rings. The molecule has 1 unspecified atom stereocenters. The fraction of sp³-hybridized carbons (Fsp3) is 0.133. The summed E-state index contributed by atoms with van der Waals surface area (Å²) in [4.78, 5) is 15.7. The van der Waals surface area contributed by atoms with Crippen molar-refractivity contribution in [1.29, 1.82) is 0 Å². The molecule has 38 heavy (non-hydrogen) atoms. The lowest BCUT2D eigenvalue weighted by molar-refractivity contribution is 0.194. The van der Waals surface area contributed by atoms with Crippen molar-refractivity contribution in [1.82, 2.24) is 19.2 Å². The summed E-state index contributed by atoms with van der Waals surface area (Å²) in [5.41, 5.74) is 4.89. The van der Waals surface area contributed by atoms with Gasteiger partial charge in [0.05, 0.1) is 36.8 Å². The van der Waals surface area contributed by atoms with Crippen molar-refractivity contribution in [2.75, 3.05) is 12.4 Å². The van der Waals surface area contributed by atoms with E-state index in [4.69, 9.17) is 9.84 Å². The Balaban J connectivity index is 1.53. The molecule has 8 heteroatoms. The average Bonchev–Trinajstić information content (AvgIpc) is 3.49. The molecule has 1 atom stereocenters. The lowest BCUT2D eigenvalue weighted by Gasteiger charge is -2.31. The minimum Gasteiger partial charge on any atom is -0.497 e. The highest BCUT2D eigenvalue weighted by molar-refractivity contribution is 5.90. The largest absolute Gasteiger partial charge is 0.497 e. The number of halogens is 1. The van der Waals surface area contributed by atoms with Gasteiger partial charge in [-0.1, -0.05) is 36.4 Å². The zero-order valence-electron chi connectivity index (χ0n) is 21.0. The average molecular weight is 508 g/mol. The predicted octanol–water partition coefficient (Wildman–Crippen LogP) is 6.26. The highest BCUT2D eigenvalue weighted by atomic mass is 19.1. The Hall–Kier alpha value is -4.85. The van der Waals surface area contributed by atoms with Crippen LogP contribution in [0.15, 0.2) is 97.2 Å². The first-order valence-corrected chi connectivity index (χ1v) is 12.3. The Labute approximate surface area is 219 Å². The van der Waals surface area contributed by atoms with Crippen molar-refractivity contribution in [2.45, 2.75) is 19.5 Å². The smallest absolute Gasteiger partial charge is 0.322 e. The van der Waals surface area contributed by atoms with Crippen LogP contribution in [-0.4, -0.2) is 32.4 Å². The van der Waals surface area contributed by atoms with Crippen LogP contribution in [0.4, 0.5) is 14.9 Å². The number of carbonyl (C=O) groups is 1. The number of hydrogen-bond donors (Lipinski definition) is 1. The molecule has 1 N–H and O–H groups in total. The van der Waals surface area contributed by atoms with Crippen LogP contribution >= 0.6 is 0 Å². The van der Waals surface area contributed by atoms with Gasteiger partial charge >= 0.3 is 6.03 Å². The number of aromatic nitrogens is 3. The third-order valence-corrected chi connectivity index (χ3v) is 6.86. The number of rotatable bonds is 4. The van der Waals surface area contributed by atoms with E-state index < -0.39 is 11.9 Å². The van der Waals surface area contributed by atoms with Crippen LogP contribution in [0.5, 0.6) is 5.75 Å². The first kappa shape index (κ1) is 23.5. The minimum atomic E-state index is -0.430. The molecular formula is C30H26FN5O2. The Kier molecular flexibility index (Phi) is 5.92. The van der Waals surface area contributed by atoms with Crippen LogP contribution in [0.25, 0.3) is 11.5 Å². The van der Waals surface area contributed by atoms with Crippen molar-refractivity contribution in [2.24, 2.45) is 0 Å². The number of nitrogens with one attached hydrogen (secondary N) is 1. The van der Waals surface area contributed by atoms with Crippen LogP contribution in [-0.2, 0) is 6.54 Å². The fourth-order valence-electron chi connectivity index (χ4n) is 5.05. The van der Waals surface area contributed by atoms with Crippen LogP contribution in [0.3, 0.4) is 0 Å². The van der Waals surface area contributed by atoms with E-state index in [0.29, 0.717) is 12.2 Å². The van der Waals surface area contributed by atoms with E-state index in [2.05, 4.69) is 9.88 Å². The Morgan fingerprint density at radius 3 is 2.53 bits per heavy atom. The third-order valence-electron chi connectivity index (χ3n) is 6.86. The van der Waals surface area contributed by atoms with Gasteiger partial charge in [-0.2, -0.15) is 5.10 Å². The lowest BCUT2D eigenvalue weighted by Crippen LogP contribution is -2.38. The Morgan fingerprint density at radius 1 is 1.00 bits per heavy atom. The fourth-order valence-corrected chi connectivity index (χ4v) is 5.05. The number of urea groups is 1. The number of ether oxygens (including phenoxy) is 1. The number of carbonyl (C=O) groups excluding carboxylic acids is 1. The molecule has 0 aliphatic carbocycles. The second-order valence-corrected chi connectivity index (χ2v) is 9.18. The maximum atomic E-state index is 13.9. The molecular weight excluding hydrogens is 481 g/mol. The standard InChI is InChI=1S/C30H26FN5O2/c1-20-26-19-35(30(37)32-23-9-6-8-22(31)18-23)28(21-13-15-25(38-2)16-14-21)27-12-7-17-34(27)29(26)36(33-20)24-10-4-3-5-11-24/h3-18,28H,19H2,1-2H3,(H,32,37). The van der Waals surface area contributed by atoms with Gasteiger partial charge in [-0.3, -0.25) is 0 Å². The summed E-state index contributed by atoms with van der Waals surface area (Å²) in [6, 6.07) is 26.8. The number of hydrogen-bond acceptors (Lipinski definition) is 3. The molecule has 0 fully saturated rings. The van der Waals surface area contributed by atoms with Crippen LogP contribution in [0.2, 0.25) is 0 Å². The number of para-hydroxylation sites is 1. The second kappa shape index (κ2) is 9.55. The molecule has 3 aromatic carbocycles. The maximum Gasteiger partial charge on any atom is 0.322 e. The molecule has 3 heterocycles. The monoisotopic (exact) mass is 507 g/mol. The number of methoxy groups -OCH3 is 1. The number of aryl methyl sites for hydroxylation is 1. The van der Waals surface area contributed by atoms with Crippen molar-refractivity contribution in [3.63, 3.8) is 0 Å². The highest BCUT2D eigenvalue weighted by Crippen LogP contribution is 2.39. The molecule has 0 bridgehead atoms. The molecule has 1 aliphatic heterocycles. The number of anilines is 1. The molecule has 6 rings (SSSR count). The summed E-state index contributed by atoms with van der Waals surface area (Å²) in [7, 11) is 1.62. The van der Waals surface area contributed by atoms with E-state index in [9.17, 15) is 9.18 Å². The summed E-state index contributed by atoms with van der Waals surface area (Å²) < 4.78 is 23.3. The summed E-state index contributed by atoms with van der Waals surface area (Å²) in [6.07, 6.45) is 2.00. The van der Waals surface area contributed by atoms with E-state index in [0.717, 1.165) is 39.8 Å². The summed E-state index contributed by atoms with van der Waals surface area (Å²) in [5, 5.41) is 7.76. The van der Waals surface area contributed by atoms with Gasteiger partial charge in [0.1, 0.15) is 17.4 Å². The SMILES string of the molecule is COc1ccc(C2c3cccn3-c3c(c(C)nn3-c3ccccc3)CN2C(=O)Nc2cccc(F)c2)cc1. The molecule has 190 valence electrons. The first-order chi connectivity index (χ1) is 18.5. The summed E-state index contributed by atoms with van der Waals surface area (Å²) in [6.45, 7) is 2.26. The number of fused-ring (bicyclic) bond motifs is 3. The van der Waals surface area contributed by atoms with E-state index in [1.807, 2.05) is 84.5 Å². The predicted molar refractivity (Wildman–Crippen MR) is 143 cm³/mol. The first-order valence-electron chi connectivity index (χ1n) is 12.3. The van der Waals surface area contributed by atoms with Crippen LogP contribution in [0.1, 0.15) is 28.6 Å². The van der Waals surface area contributed by atoms with Gasteiger partial charge in [-0.15, -0.1) is 0 Å². The number of nitrogens with zero attached hydrogens (tertiary/aromatic N) is 4. The molecule has 0 spiro atoms. The van der Waals surface area contributed by atoms with Gasteiger partial charge < -0.3 is 19.5 Å². The zero-order valence-corrected chi connectivity index (χ0v) is 21.0.